The van der Waals surface area contributed by atoms with E-state index in [2.05, 4.69) is 43.6 Å². The van der Waals surface area contributed by atoms with Gasteiger partial charge in [0.05, 0.1) is 6.07 Å². The van der Waals surface area contributed by atoms with Crippen molar-refractivity contribution in [2.75, 3.05) is 26.2 Å². The average Bonchev–Trinajstić information content (AvgIpc) is 2.19. The molecule has 0 saturated carbocycles. The first-order valence-corrected chi connectivity index (χ1v) is 6.31. The van der Waals surface area contributed by atoms with Crippen LogP contribution in [0.3, 0.4) is 0 Å². The summed E-state index contributed by atoms with van der Waals surface area (Å²) in [7, 11) is 0. The molecule has 0 radical (unpaired) electrons. The summed E-state index contributed by atoms with van der Waals surface area (Å²) in [6.45, 7) is 13.7. The molecule has 0 aromatic heterocycles. The number of nitriles is 1. The summed E-state index contributed by atoms with van der Waals surface area (Å²) < 4.78 is 0. The van der Waals surface area contributed by atoms with Crippen LogP contribution in [-0.4, -0.2) is 47.6 Å². The zero-order valence-corrected chi connectivity index (χ0v) is 11.2. The van der Waals surface area contributed by atoms with Crippen LogP contribution in [-0.2, 0) is 0 Å². The minimum Gasteiger partial charge on any atom is -0.298 e. The van der Waals surface area contributed by atoms with Crippen LogP contribution in [0.25, 0.3) is 0 Å². The predicted octanol–water partition coefficient (Wildman–Crippen LogP) is 2.09. The molecule has 0 aromatic carbocycles. The van der Waals surface area contributed by atoms with Crippen LogP contribution < -0.4 is 0 Å². The Bertz CT molecular complexity index is 249. The van der Waals surface area contributed by atoms with E-state index < -0.39 is 0 Å². The van der Waals surface area contributed by atoms with Crippen LogP contribution in [0.5, 0.6) is 0 Å². The normalized spacial score (nSPS) is 24.3. The van der Waals surface area contributed by atoms with Gasteiger partial charge in [0, 0.05) is 37.6 Å². The lowest BCUT2D eigenvalue weighted by Gasteiger charge is -2.45. The number of hydrogen-bond donors (Lipinski definition) is 0. The number of nitrogens with zero attached hydrogens (tertiary/aromatic N) is 3. The Hall–Kier alpha value is -0.590. The molecule has 1 atom stereocenters. The SMILES string of the molecule is CC1CN(C(C)(C)C)CCN1CCCC#N. The summed E-state index contributed by atoms with van der Waals surface area (Å²) in [6.07, 6.45) is 1.70. The molecule has 1 aliphatic rings. The van der Waals surface area contributed by atoms with Crippen molar-refractivity contribution in [3.63, 3.8) is 0 Å². The smallest absolute Gasteiger partial charge is 0.0622 e. The summed E-state index contributed by atoms with van der Waals surface area (Å²) in [5.74, 6) is 0. The maximum Gasteiger partial charge on any atom is 0.0622 e. The van der Waals surface area contributed by atoms with Crippen molar-refractivity contribution in [3.8, 4) is 6.07 Å². The van der Waals surface area contributed by atoms with Gasteiger partial charge in [-0.2, -0.15) is 5.26 Å². The molecule has 1 saturated heterocycles. The van der Waals surface area contributed by atoms with Crippen molar-refractivity contribution in [2.24, 2.45) is 0 Å². The highest BCUT2D eigenvalue weighted by Gasteiger charge is 2.29. The van der Waals surface area contributed by atoms with E-state index >= 15 is 0 Å². The van der Waals surface area contributed by atoms with E-state index in [9.17, 15) is 0 Å². The Labute approximate surface area is 100 Å². The summed E-state index contributed by atoms with van der Waals surface area (Å²) in [5.41, 5.74) is 0.285. The third-order valence-corrected chi connectivity index (χ3v) is 3.45. The summed E-state index contributed by atoms with van der Waals surface area (Å²) >= 11 is 0. The molecule has 1 unspecified atom stereocenters. The van der Waals surface area contributed by atoms with Crippen molar-refractivity contribution >= 4 is 0 Å². The molecular weight excluding hydrogens is 198 g/mol. The second-order valence-corrected chi connectivity index (χ2v) is 5.76. The van der Waals surface area contributed by atoms with Crippen LogP contribution >= 0.6 is 0 Å². The fourth-order valence-electron chi connectivity index (χ4n) is 2.30. The van der Waals surface area contributed by atoms with Crippen molar-refractivity contribution in [2.45, 2.75) is 52.1 Å². The Balaban J connectivity index is 2.38. The molecule has 3 heteroatoms. The summed E-state index contributed by atoms with van der Waals surface area (Å²) in [5, 5.41) is 8.53. The summed E-state index contributed by atoms with van der Waals surface area (Å²) in [4.78, 5) is 5.07. The number of piperazine rings is 1. The van der Waals surface area contributed by atoms with Gasteiger partial charge in [-0.3, -0.25) is 9.80 Å². The molecule has 1 aliphatic heterocycles. The molecule has 1 rings (SSSR count). The second-order valence-electron chi connectivity index (χ2n) is 5.76. The predicted molar refractivity (Wildman–Crippen MR) is 67.2 cm³/mol. The zero-order valence-electron chi connectivity index (χ0n) is 11.2. The number of hydrogen-bond acceptors (Lipinski definition) is 3. The molecule has 0 N–H and O–H groups in total. The lowest BCUT2D eigenvalue weighted by molar-refractivity contribution is 0.0282. The Morgan fingerprint density at radius 1 is 1.31 bits per heavy atom. The first-order chi connectivity index (χ1) is 7.45. The molecular formula is C13H25N3. The van der Waals surface area contributed by atoms with Gasteiger partial charge in [0.1, 0.15) is 0 Å². The number of unbranched alkanes of at least 4 members (excludes halogenated alkanes) is 1. The molecule has 92 valence electrons. The van der Waals surface area contributed by atoms with E-state index in [4.69, 9.17) is 5.26 Å². The molecule has 0 aliphatic carbocycles. The van der Waals surface area contributed by atoms with Gasteiger partial charge in [0.2, 0.25) is 0 Å². The third kappa shape index (κ3) is 3.77. The van der Waals surface area contributed by atoms with E-state index in [0.29, 0.717) is 12.5 Å². The fourth-order valence-corrected chi connectivity index (χ4v) is 2.30. The van der Waals surface area contributed by atoms with Gasteiger partial charge in [-0.15, -0.1) is 0 Å². The zero-order chi connectivity index (χ0) is 12.2. The van der Waals surface area contributed by atoms with Crippen molar-refractivity contribution in [3.05, 3.63) is 0 Å². The molecule has 0 amide bonds. The van der Waals surface area contributed by atoms with E-state index in [0.717, 1.165) is 32.6 Å². The third-order valence-electron chi connectivity index (χ3n) is 3.45. The lowest BCUT2D eigenvalue weighted by atomic mass is 10.0. The maximum atomic E-state index is 8.53. The highest BCUT2D eigenvalue weighted by molar-refractivity contribution is 4.86. The molecule has 1 heterocycles. The molecule has 3 nitrogen and oxygen atoms in total. The Morgan fingerprint density at radius 3 is 2.50 bits per heavy atom. The van der Waals surface area contributed by atoms with Crippen LogP contribution in [0, 0.1) is 11.3 Å². The molecule has 0 bridgehead atoms. The molecule has 16 heavy (non-hydrogen) atoms. The van der Waals surface area contributed by atoms with Crippen LogP contribution in [0.2, 0.25) is 0 Å². The molecule has 0 spiro atoms. The summed E-state index contributed by atoms with van der Waals surface area (Å²) in [6, 6.07) is 2.84. The van der Waals surface area contributed by atoms with Gasteiger partial charge in [-0.05, 0) is 40.7 Å². The first kappa shape index (κ1) is 13.5. The van der Waals surface area contributed by atoms with Gasteiger partial charge in [-0.1, -0.05) is 0 Å². The highest BCUT2D eigenvalue weighted by Crippen LogP contribution is 2.19. The van der Waals surface area contributed by atoms with Gasteiger partial charge in [-0.25, -0.2) is 0 Å². The Kier molecular flexibility index (Phi) is 4.76. The van der Waals surface area contributed by atoms with Gasteiger partial charge >= 0.3 is 0 Å². The second kappa shape index (κ2) is 5.65. The van der Waals surface area contributed by atoms with Gasteiger partial charge in [0.15, 0.2) is 0 Å². The minimum atomic E-state index is 0.285. The minimum absolute atomic E-state index is 0.285. The molecule has 0 aromatic rings. The van der Waals surface area contributed by atoms with Crippen molar-refractivity contribution in [1.82, 2.24) is 9.80 Å². The highest BCUT2D eigenvalue weighted by atomic mass is 15.3. The van der Waals surface area contributed by atoms with E-state index in [1.807, 2.05) is 0 Å². The van der Waals surface area contributed by atoms with E-state index in [1.165, 1.54) is 0 Å². The van der Waals surface area contributed by atoms with Crippen molar-refractivity contribution in [1.29, 1.82) is 5.26 Å². The topological polar surface area (TPSA) is 30.3 Å². The quantitative estimate of drug-likeness (QED) is 0.686. The van der Waals surface area contributed by atoms with Crippen LogP contribution in [0.4, 0.5) is 0 Å². The van der Waals surface area contributed by atoms with Crippen LogP contribution in [0.1, 0.15) is 40.5 Å². The van der Waals surface area contributed by atoms with Gasteiger partial charge < -0.3 is 0 Å². The maximum absolute atomic E-state index is 8.53. The molecule has 1 fully saturated rings. The standard InChI is InChI=1S/C13H25N3/c1-12-11-16(13(2,3)4)10-9-15(12)8-6-5-7-14/h12H,5-6,8-11H2,1-4H3. The monoisotopic (exact) mass is 223 g/mol. The van der Waals surface area contributed by atoms with E-state index in [1.54, 1.807) is 0 Å². The van der Waals surface area contributed by atoms with Crippen LogP contribution in [0.15, 0.2) is 0 Å². The fraction of sp³-hybridized carbons (Fsp3) is 0.923. The van der Waals surface area contributed by atoms with Crippen molar-refractivity contribution < 1.29 is 0 Å². The first-order valence-electron chi connectivity index (χ1n) is 6.31. The largest absolute Gasteiger partial charge is 0.298 e. The number of rotatable bonds is 3. The van der Waals surface area contributed by atoms with E-state index in [-0.39, 0.29) is 5.54 Å². The Morgan fingerprint density at radius 2 is 2.00 bits per heavy atom. The lowest BCUT2D eigenvalue weighted by Crippen LogP contribution is -2.57. The van der Waals surface area contributed by atoms with Gasteiger partial charge in [0.25, 0.3) is 0 Å². The average molecular weight is 223 g/mol.